The third-order valence-electron chi connectivity index (χ3n) is 8.44. The van der Waals surface area contributed by atoms with Crippen LogP contribution in [0, 0.1) is 0 Å². The number of nitrogens with one attached hydrogen (secondary N) is 5. The lowest BCUT2D eigenvalue weighted by atomic mass is 10.0. The van der Waals surface area contributed by atoms with E-state index in [-0.39, 0.29) is 5.43 Å². The maximum absolute atomic E-state index is 13.9. The normalized spacial score (nSPS) is 15.2. The molecule has 236 valence electrons. The molecule has 0 aromatic carbocycles. The molecular weight excluding hydrogens is 594 g/mol. The summed E-state index contributed by atoms with van der Waals surface area (Å²) in [4.78, 5) is 48.9. The number of H-pyrrole nitrogens is 1. The van der Waals surface area contributed by atoms with Gasteiger partial charge in [0.2, 0.25) is 5.95 Å². The Morgan fingerprint density at radius 3 is 2.36 bits per heavy atom. The van der Waals surface area contributed by atoms with E-state index in [0.717, 1.165) is 74.7 Å². The molecule has 0 saturated carbocycles. The highest BCUT2D eigenvalue weighted by atomic mass is 16.1. The van der Waals surface area contributed by atoms with Crippen LogP contribution < -0.4 is 36.5 Å². The molecule has 2 aliphatic rings. The highest BCUT2D eigenvalue weighted by Gasteiger charge is 2.20. The number of pyridine rings is 5. The lowest BCUT2D eigenvalue weighted by Gasteiger charge is -2.31. The Balaban J connectivity index is 1.09. The first-order valence-corrected chi connectivity index (χ1v) is 15.7. The minimum absolute atomic E-state index is 0.125. The van der Waals surface area contributed by atoms with E-state index in [1.165, 1.54) is 0 Å². The smallest absolute Gasteiger partial charge is 0.230 e. The van der Waals surface area contributed by atoms with Crippen molar-refractivity contribution in [2.24, 2.45) is 0 Å². The second kappa shape index (κ2) is 12.6. The number of rotatable bonds is 7. The molecule has 0 spiro atoms. The highest BCUT2D eigenvalue weighted by molar-refractivity contribution is 5.87. The van der Waals surface area contributed by atoms with Gasteiger partial charge in [0.25, 0.3) is 0 Å². The fourth-order valence-corrected chi connectivity index (χ4v) is 6.04. The molecule has 14 nitrogen and oxygen atoms in total. The molecule has 6 aromatic rings. The monoisotopic (exact) mass is 627 g/mol. The van der Waals surface area contributed by atoms with Gasteiger partial charge in [-0.3, -0.25) is 4.79 Å². The van der Waals surface area contributed by atoms with Gasteiger partial charge in [0.1, 0.15) is 23.1 Å². The number of aromatic nitrogens is 7. The van der Waals surface area contributed by atoms with Crippen LogP contribution in [0.25, 0.3) is 33.2 Å². The summed E-state index contributed by atoms with van der Waals surface area (Å²) in [5.74, 6) is 2.25. The van der Waals surface area contributed by atoms with E-state index in [2.05, 4.69) is 61.0 Å². The molecule has 8 rings (SSSR count). The van der Waals surface area contributed by atoms with Crippen LogP contribution in [0.2, 0.25) is 0 Å². The Morgan fingerprint density at radius 1 is 0.702 bits per heavy atom. The fourth-order valence-electron chi connectivity index (χ4n) is 6.04. The predicted molar refractivity (Wildman–Crippen MR) is 184 cm³/mol. The molecule has 2 fully saturated rings. The SMILES string of the molecule is O=c1c(-c2cnc(Nc3ncc4cccnc4n3)cc2N2CCNCC2)c[nH]c2nc(Nc3cc(N4CCNCC4)ccn3)ccc12. The van der Waals surface area contributed by atoms with Gasteiger partial charge >= 0.3 is 0 Å². The molecule has 0 aliphatic carbocycles. The van der Waals surface area contributed by atoms with Crippen LogP contribution in [-0.2, 0) is 0 Å². The summed E-state index contributed by atoms with van der Waals surface area (Å²) in [6, 6.07) is 13.4. The zero-order valence-electron chi connectivity index (χ0n) is 25.6. The maximum atomic E-state index is 13.9. The number of hydrogen-bond donors (Lipinski definition) is 5. The summed E-state index contributed by atoms with van der Waals surface area (Å²) in [6.07, 6.45) is 8.68. The first-order chi connectivity index (χ1) is 23.2. The summed E-state index contributed by atoms with van der Waals surface area (Å²) in [5.41, 5.74) is 4.22. The van der Waals surface area contributed by atoms with Crippen molar-refractivity contribution < 1.29 is 0 Å². The van der Waals surface area contributed by atoms with Gasteiger partial charge < -0.3 is 36.1 Å². The van der Waals surface area contributed by atoms with Crippen molar-refractivity contribution in [1.82, 2.24) is 45.5 Å². The van der Waals surface area contributed by atoms with Crippen LogP contribution in [0.3, 0.4) is 0 Å². The van der Waals surface area contributed by atoms with Crippen LogP contribution in [0.5, 0.6) is 0 Å². The molecule has 2 saturated heterocycles. The number of anilines is 6. The van der Waals surface area contributed by atoms with Crippen molar-refractivity contribution in [3.05, 3.63) is 83.7 Å². The number of piperazine rings is 2. The lowest BCUT2D eigenvalue weighted by molar-refractivity contribution is 0.589. The van der Waals surface area contributed by atoms with Gasteiger partial charge in [-0.2, -0.15) is 4.98 Å². The Labute approximate surface area is 269 Å². The zero-order valence-corrected chi connectivity index (χ0v) is 25.6. The summed E-state index contributed by atoms with van der Waals surface area (Å²) < 4.78 is 0. The summed E-state index contributed by atoms with van der Waals surface area (Å²) in [6.45, 7) is 7.07. The van der Waals surface area contributed by atoms with E-state index in [0.29, 0.717) is 45.6 Å². The van der Waals surface area contributed by atoms with Gasteiger partial charge in [-0.25, -0.2) is 24.9 Å². The minimum Gasteiger partial charge on any atom is -0.369 e. The largest absolute Gasteiger partial charge is 0.369 e. The average Bonchev–Trinajstić information content (AvgIpc) is 3.13. The Morgan fingerprint density at radius 2 is 1.51 bits per heavy atom. The molecular formula is C33H33N13O. The van der Waals surface area contributed by atoms with Crippen LogP contribution >= 0.6 is 0 Å². The quantitative estimate of drug-likeness (QED) is 0.176. The molecule has 0 bridgehead atoms. The Hall–Kier alpha value is -5.73. The van der Waals surface area contributed by atoms with E-state index in [9.17, 15) is 4.79 Å². The van der Waals surface area contributed by atoms with Gasteiger partial charge in [0, 0.05) is 118 Å². The second-order valence-electron chi connectivity index (χ2n) is 11.4. The third kappa shape index (κ3) is 5.98. The molecule has 47 heavy (non-hydrogen) atoms. The van der Waals surface area contributed by atoms with E-state index < -0.39 is 0 Å². The molecule has 8 heterocycles. The fraction of sp³-hybridized carbons (Fsp3) is 0.242. The maximum Gasteiger partial charge on any atom is 0.230 e. The van der Waals surface area contributed by atoms with Crippen LogP contribution in [0.15, 0.2) is 78.2 Å². The number of fused-ring (bicyclic) bond motifs is 2. The van der Waals surface area contributed by atoms with Crippen molar-refractivity contribution in [3.63, 3.8) is 0 Å². The Kier molecular flexibility index (Phi) is 7.69. The lowest BCUT2D eigenvalue weighted by Crippen LogP contribution is -2.43. The molecule has 0 unspecified atom stereocenters. The zero-order chi connectivity index (χ0) is 31.6. The van der Waals surface area contributed by atoms with E-state index >= 15 is 0 Å². The molecule has 0 amide bonds. The Bertz CT molecular complexity index is 2120. The number of hydrogen-bond acceptors (Lipinski definition) is 13. The summed E-state index contributed by atoms with van der Waals surface area (Å²) >= 11 is 0. The van der Waals surface area contributed by atoms with Crippen molar-refractivity contribution in [1.29, 1.82) is 0 Å². The average molecular weight is 628 g/mol. The predicted octanol–water partition coefficient (Wildman–Crippen LogP) is 3.02. The van der Waals surface area contributed by atoms with Gasteiger partial charge in [-0.15, -0.1) is 0 Å². The first-order valence-electron chi connectivity index (χ1n) is 15.7. The molecule has 2 aliphatic heterocycles. The van der Waals surface area contributed by atoms with Crippen LogP contribution in [0.4, 0.5) is 34.8 Å². The number of nitrogens with zero attached hydrogens (tertiary/aromatic N) is 8. The van der Waals surface area contributed by atoms with Crippen molar-refractivity contribution in [3.8, 4) is 11.1 Å². The van der Waals surface area contributed by atoms with Gasteiger partial charge in [-0.05, 0) is 30.3 Å². The summed E-state index contributed by atoms with van der Waals surface area (Å²) in [5, 5.41) is 14.6. The molecule has 5 N–H and O–H groups in total. The third-order valence-corrected chi connectivity index (χ3v) is 8.44. The van der Waals surface area contributed by atoms with Crippen molar-refractivity contribution >= 4 is 56.8 Å². The molecule has 14 heteroatoms. The topological polar surface area (TPSA) is 165 Å². The molecule has 0 atom stereocenters. The number of aromatic amines is 1. The van der Waals surface area contributed by atoms with Gasteiger partial charge in [-0.1, -0.05) is 0 Å². The van der Waals surface area contributed by atoms with Crippen LogP contribution in [0.1, 0.15) is 0 Å². The van der Waals surface area contributed by atoms with Crippen molar-refractivity contribution in [2.45, 2.75) is 0 Å². The van der Waals surface area contributed by atoms with E-state index in [1.807, 2.05) is 30.3 Å². The van der Waals surface area contributed by atoms with Crippen molar-refractivity contribution in [2.75, 3.05) is 72.8 Å². The van der Waals surface area contributed by atoms with E-state index in [4.69, 9.17) is 4.98 Å². The second-order valence-corrected chi connectivity index (χ2v) is 11.4. The first kappa shape index (κ1) is 28.7. The standard InChI is InChI=1S/C33H33N13O/c47-30-23-3-4-27(41-28-16-22(5-7-36-28)45-12-8-34-9-13-45)42-32(23)39-20-25(30)24-19-38-29(17-26(24)46-14-10-35-11-15-46)43-33-40-18-21-2-1-6-37-31(21)44-33/h1-7,16-20,34-35H,8-15H2,(H2,36,39,41,42,47)(H,37,38,40,43,44). The molecule has 0 radical (unpaired) electrons. The van der Waals surface area contributed by atoms with E-state index in [1.54, 1.807) is 43.1 Å². The van der Waals surface area contributed by atoms with Crippen LogP contribution in [-0.4, -0.2) is 87.2 Å². The summed E-state index contributed by atoms with van der Waals surface area (Å²) in [7, 11) is 0. The van der Waals surface area contributed by atoms with Gasteiger partial charge in [0.15, 0.2) is 11.1 Å². The van der Waals surface area contributed by atoms with Gasteiger partial charge in [0.05, 0.1) is 11.1 Å². The highest BCUT2D eigenvalue weighted by Crippen LogP contribution is 2.32. The minimum atomic E-state index is -0.125. The molecule has 6 aromatic heterocycles.